The quantitative estimate of drug-likeness (QED) is 0.496. The van der Waals surface area contributed by atoms with Crippen molar-refractivity contribution in [2.75, 3.05) is 32.0 Å². The fourth-order valence-electron chi connectivity index (χ4n) is 4.67. The molecule has 1 fully saturated rings. The highest BCUT2D eigenvalue weighted by molar-refractivity contribution is 5.92. The van der Waals surface area contributed by atoms with E-state index in [9.17, 15) is 9.90 Å². The zero-order valence-electron chi connectivity index (χ0n) is 18.8. The van der Waals surface area contributed by atoms with Crippen LogP contribution in [0.2, 0.25) is 0 Å². The molecule has 8 heteroatoms. The first kappa shape index (κ1) is 22.6. The number of hydrogen-bond acceptors (Lipinski definition) is 7. The molecule has 1 aliphatic heterocycles. The van der Waals surface area contributed by atoms with Gasteiger partial charge in [-0.25, -0.2) is 9.97 Å². The normalized spacial score (nSPS) is 22.1. The number of aromatic nitrogens is 2. The molecule has 32 heavy (non-hydrogen) atoms. The van der Waals surface area contributed by atoms with Gasteiger partial charge in [0.05, 0.1) is 6.10 Å². The molecule has 1 aromatic heterocycles. The van der Waals surface area contributed by atoms with Gasteiger partial charge in [-0.15, -0.1) is 0 Å². The number of β-amino-alcohol motifs (C(OH)–C–C–N with tert-alkyl or cyclic N) is 1. The Morgan fingerprint density at radius 3 is 2.69 bits per heavy atom. The number of carbonyl (C=O) groups is 1. The van der Waals surface area contributed by atoms with Gasteiger partial charge in [-0.1, -0.05) is 24.3 Å². The molecule has 4 rings (SSSR count). The molecule has 4 N–H and O–H groups in total. The van der Waals surface area contributed by atoms with Gasteiger partial charge in [0.15, 0.2) is 0 Å². The van der Waals surface area contributed by atoms with Gasteiger partial charge in [0.25, 0.3) is 5.91 Å². The van der Waals surface area contributed by atoms with Gasteiger partial charge in [-0.3, -0.25) is 9.69 Å². The zero-order chi connectivity index (χ0) is 22.3. The first-order chi connectivity index (χ1) is 15.6. The largest absolute Gasteiger partial charge is 0.390 e. The molecule has 0 saturated heterocycles. The summed E-state index contributed by atoms with van der Waals surface area (Å²) in [7, 11) is 2.01. The summed E-state index contributed by atoms with van der Waals surface area (Å²) in [4.78, 5) is 23.2. The van der Waals surface area contributed by atoms with Crippen LogP contribution in [0.15, 0.2) is 36.7 Å². The van der Waals surface area contributed by atoms with Crippen molar-refractivity contribution in [3.05, 3.63) is 53.5 Å². The minimum atomic E-state index is -0.633. The SMILES string of the molecule is CNC1CCC(Nc2cc(C(=O)NC[C@H](O)CN3CCc4ccccc4C3)ncn2)CC1. The maximum atomic E-state index is 12.6. The third kappa shape index (κ3) is 6.03. The van der Waals surface area contributed by atoms with Crippen LogP contribution in [0.1, 0.15) is 47.3 Å². The van der Waals surface area contributed by atoms with Gasteiger partial charge in [0, 0.05) is 44.3 Å². The van der Waals surface area contributed by atoms with Gasteiger partial charge in [-0.05, 0) is 50.3 Å². The van der Waals surface area contributed by atoms with Crippen LogP contribution in [0, 0.1) is 0 Å². The van der Waals surface area contributed by atoms with Crippen LogP contribution >= 0.6 is 0 Å². The summed E-state index contributed by atoms with van der Waals surface area (Å²) < 4.78 is 0. The van der Waals surface area contributed by atoms with Crippen molar-refractivity contribution >= 4 is 11.7 Å². The predicted molar refractivity (Wildman–Crippen MR) is 125 cm³/mol. The van der Waals surface area contributed by atoms with Crippen molar-refractivity contribution in [1.82, 2.24) is 25.5 Å². The van der Waals surface area contributed by atoms with Gasteiger partial charge in [-0.2, -0.15) is 0 Å². The number of benzene rings is 1. The van der Waals surface area contributed by atoms with E-state index in [2.05, 4.69) is 55.1 Å². The van der Waals surface area contributed by atoms with Crippen LogP contribution in [0.25, 0.3) is 0 Å². The minimum Gasteiger partial charge on any atom is -0.390 e. The second kappa shape index (κ2) is 10.8. The topological polar surface area (TPSA) is 102 Å². The van der Waals surface area contributed by atoms with Gasteiger partial charge in [0.1, 0.15) is 17.8 Å². The second-order valence-corrected chi connectivity index (χ2v) is 8.89. The molecule has 1 aromatic carbocycles. The van der Waals surface area contributed by atoms with Crippen LogP contribution in [-0.4, -0.2) is 70.8 Å². The van der Waals surface area contributed by atoms with E-state index in [1.165, 1.54) is 17.5 Å². The van der Waals surface area contributed by atoms with E-state index in [1.807, 2.05) is 7.05 Å². The van der Waals surface area contributed by atoms with Crippen LogP contribution in [-0.2, 0) is 13.0 Å². The first-order valence-electron chi connectivity index (χ1n) is 11.6. The molecular formula is C24H34N6O2. The van der Waals surface area contributed by atoms with Crippen molar-refractivity contribution in [3.63, 3.8) is 0 Å². The van der Waals surface area contributed by atoms with Gasteiger partial charge < -0.3 is 21.1 Å². The van der Waals surface area contributed by atoms with Crippen LogP contribution in [0.4, 0.5) is 5.82 Å². The van der Waals surface area contributed by atoms with Crippen molar-refractivity contribution in [1.29, 1.82) is 0 Å². The number of aliphatic hydroxyl groups excluding tert-OH is 1. The molecule has 0 radical (unpaired) electrons. The molecule has 0 spiro atoms. The molecule has 1 amide bonds. The molecule has 2 aromatic rings. The van der Waals surface area contributed by atoms with E-state index in [4.69, 9.17) is 0 Å². The Hall–Kier alpha value is -2.55. The van der Waals surface area contributed by atoms with Crippen molar-refractivity contribution in [3.8, 4) is 0 Å². The lowest BCUT2D eigenvalue weighted by atomic mass is 9.91. The Kier molecular flexibility index (Phi) is 7.68. The highest BCUT2D eigenvalue weighted by Gasteiger charge is 2.21. The lowest BCUT2D eigenvalue weighted by Crippen LogP contribution is -2.42. The summed E-state index contributed by atoms with van der Waals surface area (Å²) in [6.07, 6.45) is 6.18. The maximum Gasteiger partial charge on any atom is 0.270 e. The number of nitrogens with zero attached hydrogens (tertiary/aromatic N) is 3. The number of anilines is 1. The molecule has 0 unspecified atom stereocenters. The molecule has 1 atom stereocenters. The zero-order valence-corrected chi connectivity index (χ0v) is 18.8. The molecule has 1 aliphatic carbocycles. The Morgan fingerprint density at radius 2 is 1.91 bits per heavy atom. The summed E-state index contributed by atoms with van der Waals surface area (Å²) in [6, 6.07) is 11.1. The number of rotatable bonds is 8. The highest BCUT2D eigenvalue weighted by Crippen LogP contribution is 2.21. The Morgan fingerprint density at radius 1 is 1.16 bits per heavy atom. The monoisotopic (exact) mass is 438 g/mol. The summed E-state index contributed by atoms with van der Waals surface area (Å²) in [5.74, 6) is 0.378. The molecule has 8 nitrogen and oxygen atoms in total. The third-order valence-corrected chi connectivity index (χ3v) is 6.56. The first-order valence-corrected chi connectivity index (χ1v) is 11.6. The van der Waals surface area contributed by atoms with E-state index in [1.54, 1.807) is 6.07 Å². The molecule has 2 heterocycles. The average Bonchev–Trinajstić information content (AvgIpc) is 2.83. The minimum absolute atomic E-state index is 0.192. The average molecular weight is 439 g/mol. The maximum absolute atomic E-state index is 12.6. The van der Waals surface area contributed by atoms with Crippen LogP contribution in [0.3, 0.4) is 0 Å². The highest BCUT2D eigenvalue weighted by atomic mass is 16.3. The van der Waals surface area contributed by atoms with E-state index in [-0.39, 0.29) is 12.5 Å². The van der Waals surface area contributed by atoms with E-state index < -0.39 is 6.10 Å². The molecule has 1 saturated carbocycles. The summed E-state index contributed by atoms with van der Waals surface area (Å²) in [5, 5.41) is 20.0. The molecular weight excluding hydrogens is 404 g/mol. The number of aliphatic hydroxyl groups is 1. The lowest BCUT2D eigenvalue weighted by Gasteiger charge is -2.30. The lowest BCUT2D eigenvalue weighted by molar-refractivity contribution is 0.0838. The number of carbonyl (C=O) groups excluding carboxylic acids is 1. The summed E-state index contributed by atoms with van der Waals surface area (Å²) >= 11 is 0. The number of fused-ring (bicyclic) bond motifs is 1. The standard InChI is InChI=1S/C24H34N6O2/c1-25-19-6-8-20(9-7-19)29-23-12-22(27-16-28-23)24(32)26-13-21(31)15-30-11-10-17-4-2-3-5-18(17)14-30/h2-5,12,16,19-21,25,31H,6-11,13-15H2,1H3,(H,26,32)(H,27,28,29)/t19?,20?,21-/m0/s1. The fourth-order valence-corrected chi connectivity index (χ4v) is 4.67. The van der Waals surface area contributed by atoms with Crippen molar-refractivity contribution in [2.24, 2.45) is 0 Å². The van der Waals surface area contributed by atoms with E-state index in [0.717, 1.165) is 45.2 Å². The van der Waals surface area contributed by atoms with Gasteiger partial charge in [0.2, 0.25) is 0 Å². The molecule has 0 bridgehead atoms. The summed E-state index contributed by atoms with van der Waals surface area (Å²) in [6.45, 7) is 2.47. The number of nitrogens with one attached hydrogen (secondary N) is 3. The fraction of sp³-hybridized carbons (Fsp3) is 0.542. The van der Waals surface area contributed by atoms with E-state index >= 15 is 0 Å². The van der Waals surface area contributed by atoms with Gasteiger partial charge >= 0.3 is 0 Å². The Bertz CT molecular complexity index is 900. The van der Waals surface area contributed by atoms with Crippen molar-refractivity contribution < 1.29 is 9.90 Å². The molecule has 2 aliphatic rings. The van der Waals surface area contributed by atoms with Crippen LogP contribution in [0.5, 0.6) is 0 Å². The smallest absolute Gasteiger partial charge is 0.270 e. The summed E-state index contributed by atoms with van der Waals surface area (Å²) in [5.41, 5.74) is 3.01. The van der Waals surface area contributed by atoms with E-state index in [0.29, 0.717) is 30.1 Å². The van der Waals surface area contributed by atoms with Crippen LogP contribution < -0.4 is 16.0 Å². The number of hydrogen-bond donors (Lipinski definition) is 4. The predicted octanol–water partition coefficient (Wildman–Crippen LogP) is 1.57. The third-order valence-electron chi connectivity index (χ3n) is 6.56. The second-order valence-electron chi connectivity index (χ2n) is 8.89. The van der Waals surface area contributed by atoms with Crippen molar-refractivity contribution in [2.45, 2.75) is 56.8 Å². The molecule has 172 valence electrons. The Labute approximate surface area is 189 Å². The Balaban J connectivity index is 1.23. The number of amides is 1.